The van der Waals surface area contributed by atoms with Crippen molar-refractivity contribution in [3.05, 3.63) is 53.6 Å². The molecule has 0 radical (unpaired) electrons. The van der Waals surface area contributed by atoms with Crippen LogP contribution in [-0.2, 0) is 10.2 Å². The highest BCUT2D eigenvalue weighted by molar-refractivity contribution is 7.95. The van der Waals surface area contributed by atoms with Gasteiger partial charge in [-0.2, -0.15) is 8.42 Å². The van der Waals surface area contributed by atoms with Gasteiger partial charge in [0.2, 0.25) is 0 Å². The Morgan fingerprint density at radius 3 is 2.38 bits per heavy atom. The molecule has 0 unspecified atom stereocenters. The zero-order chi connectivity index (χ0) is 18.9. The highest BCUT2D eigenvalue weighted by Gasteiger charge is 2.42. The Labute approximate surface area is 152 Å². The monoisotopic (exact) mass is 381 g/mol. The zero-order valence-corrected chi connectivity index (χ0v) is 15.5. The molecule has 8 heteroatoms. The molecule has 0 bridgehead atoms. The Kier molecular flexibility index (Phi) is 5.15. The second kappa shape index (κ2) is 7.20. The molecule has 0 aliphatic carbocycles. The minimum absolute atomic E-state index is 0.124. The number of fused-ring (bicyclic) bond motifs is 1. The number of hydrogen-bond acceptors (Lipinski definition) is 3. The van der Waals surface area contributed by atoms with E-state index in [-0.39, 0.29) is 17.8 Å². The van der Waals surface area contributed by atoms with E-state index in [0.717, 1.165) is 10.8 Å². The lowest BCUT2D eigenvalue weighted by Gasteiger charge is -2.22. The summed E-state index contributed by atoms with van der Waals surface area (Å²) in [6.07, 6.45) is 0.597. The summed E-state index contributed by atoms with van der Waals surface area (Å²) in [4.78, 5) is 0. The number of benzene rings is 2. The molecular weight excluding hydrogens is 360 g/mol. The number of rotatable bonds is 6. The third-order valence-corrected chi connectivity index (χ3v) is 6.11. The van der Waals surface area contributed by atoms with Gasteiger partial charge in [0.15, 0.2) is 11.6 Å². The lowest BCUT2D eigenvalue weighted by Crippen LogP contribution is -2.37. The van der Waals surface area contributed by atoms with Crippen LogP contribution in [0.4, 0.5) is 25.8 Å². The summed E-state index contributed by atoms with van der Waals surface area (Å²) >= 11 is 0. The maximum Gasteiger partial charge on any atom is 0.331 e. The fourth-order valence-corrected chi connectivity index (χ4v) is 4.75. The van der Waals surface area contributed by atoms with E-state index in [0.29, 0.717) is 24.3 Å². The lowest BCUT2D eigenvalue weighted by molar-refractivity contribution is 0.504. The van der Waals surface area contributed by atoms with Crippen LogP contribution in [0, 0.1) is 18.6 Å². The van der Waals surface area contributed by atoms with Gasteiger partial charge >= 0.3 is 10.2 Å². The van der Waals surface area contributed by atoms with Crippen molar-refractivity contribution >= 4 is 27.3 Å². The lowest BCUT2D eigenvalue weighted by atomic mass is 10.2. The highest BCUT2D eigenvalue weighted by Crippen LogP contribution is 2.46. The second-order valence-electron chi connectivity index (χ2n) is 6.07. The van der Waals surface area contributed by atoms with E-state index in [4.69, 9.17) is 0 Å². The Hall–Kier alpha value is -2.19. The van der Waals surface area contributed by atoms with Gasteiger partial charge in [0.05, 0.1) is 17.1 Å². The molecule has 26 heavy (non-hydrogen) atoms. The molecule has 1 aliphatic rings. The smallest absolute Gasteiger partial charge is 0.317 e. The molecule has 1 heterocycles. The Morgan fingerprint density at radius 1 is 1.00 bits per heavy atom. The quantitative estimate of drug-likeness (QED) is 0.780. The van der Waals surface area contributed by atoms with Gasteiger partial charge in [-0.1, -0.05) is 25.1 Å². The fraction of sp³-hybridized carbons (Fsp3) is 0.333. The van der Waals surface area contributed by atoms with Gasteiger partial charge in [0, 0.05) is 6.54 Å². The molecule has 1 aliphatic heterocycles. The SMILES string of the molecule is CCNCCCN1c2ccccc2N(c2ccc(C)c(F)c2F)S1(=O)=O. The van der Waals surface area contributed by atoms with Crippen molar-refractivity contribution in [3.8, 4) is 0 Å². The van der Waals surface area contributed by atoms with Crippen LogP contribution in [0.5, 0.6) is 0 Å². The zero-order valence-electron chi connectivity index (χ0n) is 14.7. The van der Waals surface area contributed by atoms with Gasteiger partial charge in [-0.3, -0.25) is 4.31 Å². The first-order chi connectivity index (χ1) is 12.4. The molecule has 0 spiro atoms. The van der Waals surface area contributed by atoms with Crippen molar-refractivity contribution in [2.45, 2.75) is 20.3 Å². The molecule has 2 aromatic carbocycles. The number of anilines is 3. The predicted molar refractivity (Wildman–Crippen MR) is 99.1 cm³/mol. The predicted octanol–water partition coefficient (Wildman–Crippen LogP) is 3.48. The third kappa shape index (κ3) is 3.03. The van der Waals surface area contributed by atoms with Crippen LogP contribution in [0.2, 0.25) is 0 Å². The van der Waals surface area contributed by atoms with Crippen LogP contribution >= 0.6 is 0 Å². The largest absolute Gasteiger partial charge is 0.331 e. The summed E-state index contributed by atoms with van der Waals surface area (Å²) in [6, 6.07) is 9.33. The number of nitrogens with one attached hydrogen (secondary N) is 1. The average molecular weight is 381 g/mol. The molecule has 0 amide bonds. The Balaban J connectivity index is 2.06. The topological polar surface area (TPSA) is 52.6 Å². The number of aryl methyl sites for hydroxylation is 1. The second-order valence-corrected chi connectivity index (χ2v) is 7.77. The van der Waals surface area contributed by atoms with Crippen molar-refractivity contribution in [2.24, 2.45) is 0 Å². The molecule has 0 fully saturated rings. The molecule has 1 N–H and O–H groups in total. The van der Waals surface area contributed by atoms with Gasteiger partial charge in [0.1, 0.15) is 0 Å². The maximum atomic E-state index is 14.5. The van der Waals surface area contributed by atoms with E-state index in [1.165, 1.54) is 23.4 Å². The summed E-state index contributed by atoms with van der Waals surface area (Å²) in [5, 5.41) is 3.14. The maximum absolute atomic E-state index is 14.5. The van der Waals surface area contributed by atoms with Crippen LogP contribution < -0.4 is 13.9 Å². The van der Waals surface area contributed by atoms with Crippen LogP contribution in [0.25, 0.3) is 0 Å². The Morgan fingerprint density at radius 2 is 1.69 bits per heavy atom. The van der Waals surface area contributed by atoms with Gasteiger partial charge in [-0.15, -0.1) is 0 Å². The summed E-state index contributed by atoms with van der Waals surface area (Å²) in [7, 11) is -4.05. The minimum Gasteiger partial charge on any atom is -0.317 e. The van der Waals surface area contributed by atoms with Gasteiger partial charge in [-0.05, 0) is 50.2 Å². The van der Waals surface area contributed by atoms with Crippen LogP contribution in [-0.4, -0.2) is 28.1 Å². The molecule has 2 aromatic rings. The van der Waals surface area contributed by atoms with Crippen molar-refractivity contribution in [1.29, 1.82) is 0 Å². The first-order valence-electron chi connectivity index (χ1n) is 8.47. The van der Waals surface area contributed by atoms with Crippen molar-refractivity contribution in [3.63, 3.8) is 0 Å². The molecule has 3 rings (SSSR count). The molecule has 140 valence electrons. The summed E-state index contributed by atoms with van der Waals surface area (Å²) in [6.45, 7) is 5.11. The minimum atomic E-state index is -4.05. The summed E-state index contributed by atoms with van der Waals surface area (Å²) in [5.74, 6) is -2.21. The molecular formula is C18H21F2N3O2S. The van der Waals surface area contributed by atoms with Gasteiger partial charge in [-0.25, -0.2) is 13.1 Å². The van der Waals surface area contributed by atoms with Gasteiger partial charge < -0.3 is 5.32 Å². The molecule has 5 nitrogen and oxygen atoms in total. The van der Waals surface area contributed by atoms with Crippen molar-refractivity contribution in [1.82, 2.24) is 5.32 Å². The van der Waals surface area contributed by atoms with Crippen LogP contribution in [0.1, 0.15) is 18.9 Å². The number of nitrogens with zero attached hydrogens (tertiary/aromatic N) is 2. The average Bonchev–Trinajstić information content (AvgIpc) is 2.84. The highest BCUT2D eigenvalue weighted by atomic mass is 32.2. The number of para-hydroxylation sites is 2. The standard InChI is InChI=1S/C18H21F2N3O2S/c1-3-21-11-6-12-22-14-7-4-5-8-15(14)23(26(22,24)25)16-10-9-13(2)17(19)18(16)20/h4-5,7-10,21H,3,6,11-12H2,1-2H3. The van der Waals surface area contributed by atoms with E-state index >= 15 is 0 Å². The number of hydrogen-bond donors (Lipinski definition) is 1. The van der Waals surface area contributed by atoms with Crippen LogP contribution in [0.15, 0.2) is 36.4 Å². The van der Waals surface area contributed by atoms with Crippen LogP contribution in [0.3, 0.4) is 0 Å². The van der Waals surface area contributed by atoms with E-state index in [9.17, 15) is 17.2 Å². The van der Waals surface area contributed by atoms with E-state index in [1.54, 1.807) is 24.3 Å². The van der Waals surface area contributed by atoms with Gasteiger partial charge in [0.25, 0.3) is 0 Å². The van der Waals surface area contributed by atoms with E-state index in [2.05, 4.69) is 5.32 Å². The first kappa shape index (κ1) is 18.6. The normalized spacial score (nSPS) is 15.4. The first-order valence-corrected chi connectivity index (χ1v) is 9.86. The fourth-order valence-electron chi connectivity index (χ4n) is 3.00. The van der Waals surface area contributed by atoms with Crippen molar-refractivity contribution in [2.75, 3.05) is 28.2 Å². The number of halogens is 2. The summed E-state index contributed by atoms with van der Waals surface area (Å²) < 4.78 is 56.9. The molecule has 0 saturated carbocycles. The summed E-state index contributed by atoms with van der Waals surface area (Å²) in [5.41, 5.74) is 0.593. The molecule has 0 atom stereocenters. The molecule has 0 aromatic heterocycles. The van der Waals surface area contributed by atoms with E-state index in [1.807, 2.05) is 6.92 Å². The van der Waals surface area contributed by atoms with E-state index < -0.39 is 21.8 Å². The third-order valence-electron chi connectivity index (χ3n) is 4.32. The molecule has 0 saturated heterocycles. The van der Waals surface area contributed by atoms with Crippen molar-refractivity contribution < 1.29 is 17.2 Å². The Bertz CT molecular complexity index is 919.